The van der Waals surface area contributed by atoms with Crippen molar-refractivity contribution in [1.29, 1.82) is 0 Å². The summed E-state index contributed by atoms with van der Waals surface area (Å²) >= 11 is 1.75. The van der Waals surface area contributed by atoms with Crippen LogP contribution in [0, 0.1) is 6.08 Å². The Bertz CT molecular complexity index is 558. The third kappa shape index (κ3) is 9.02. The van der Waals surface area contributed by atoms with E-state index in [1.165, 1.54) is 0 Å². The summed E-state index contributed by atoms with van der Waals surface area (Å²) in [6.07, 6.45) is 10.0. The first-order valence-electron chi connectivity index (χ1n) is 6.28. The molecule has 2 aromatic carbocycles. The van der Waals surface area contributed by atoms with Crippen molar-refractivity contribution in [2.45, 2.75) is 6.42 Å². The van der Waals surface area contributed by atoms with Crippen LogP contribution in [0.5, 0.6) is 5.75 Å². The van der Waals surface area contributed by atoms with Crippen LogP contribution in [-0.2, 0) is 20.0 Å². The predicted octanol–water partition coefficient (Wildman–Crippen LogP) is -1.66. The van der Waals surface area contributed by atoms with Crippen LogP contribution in [0.4, 0.5) is 0 Å². The van der Waals surface area contributed by atoms with Crippen LogP contribution in [0.25, 0.3) is 11.1 Å². The summed E-state index contributed by atoms with van der Waals surface area (Å²) in [4.78, 5) is 3.25. The maximum atomic E-state index is 9.27. The number of halogens is 2. The Morgan fingerprint density at radius 3 is 2.00 bits per heavy atom. The molecule has 0 amide bonds. The zero-order valence-electron chi connectivity index (χ0n) is 12.0. The Morgan fingerprint density at radius 2 is 1.55 bits per heavy atom. The minimum Gasteiger partial charge on any atom is -1.00 e. The van der Waals surface area contributed by atoms with Crippen LogP contribution >= 0.6 is 0 Å². The van der Waals surface area contributed by atoms with Crippen molar-refractivity contribution >= 4 is 4.82 Å². The molecule has 1 N–H and O–H groups in total. The van der Waals surface area contributed by atoms with Crippen molar-refractivity contribution < 1.29 is 49.9 Å². The molecule has 1 aliphatic rings. The van der Waals surface area contributed by atoms with E-state index in [0.29, 0.717) is 5.75 Å². The molecule has 0 atom stereocenters. The standard InChI is InChI=1S/C12H10O.C5H5.CH2.2ClH.Ti/c13-12-8-4-7-11(9-12)10-5-2-1-3-6-10;1-2-4-5-3-1;;;;/h1-9,13H;1-3H,4H2;1H2;2*1H;/q;-1;;;;+1/p-2. The minimum atomic E-state index is 0. The van der Waals surface area contributed by atoms with Gasteiger partial charge in [-0.1, -0.05) is 42.5 Å². The van der Waals surface area contributed by atoms with Crippen LogP contribution < -0.4 is 24.8 Å². The molecule has 0 spiro atoms. The molecule has 22 heavy (non-hydrogen) atoms. The maximum Gasteiger partial charge on any atom is -1.00 e. The van der Waals surface area contributed by atoms with E-state index in [2.05, 4.69) is 17.0 Å². The van der Waals surface area contributed by atoms with Gasteiger partial charge in [-0.2, -0.15) is 6.08 Å². The van der Waals surface area contributed by atoms with Gasteiger partial charge in [-0.05, 0) is 23.3 Å². The number of aromatic hydroxyl groups is 1. The fourth-order valence-corrected chi connectivity index (χ4v) is 1.66. The molecule has 2 aromatic rings. The Morgan fingerprint density at radius 1 is 0.909 bits per heavy atom. The van der Waals surface area contributed by atoms with Gasteiger partial charge in [-0.25, -0.2) is 12.2 Å². The molecule has 1 aliphatic carbocycles. The van der Waals surface area contributed by atoms with Crippen molar-refractivity contribution in [1.82, 2.24) is 0 Å². The van der Waals surface area contributed by atoms with Crippen LogP contribution in [-0.4, -0.2) is 9.92 Å². The Hall–Kier alpha value is -1.12. The van der Waals surface area contributed by atoms with Crippen molar-refractivity contribution in [3.05, 3.63) is 78.9 Å². The third-order valence-electron chi connectivity index (χ3n) is 2.54. The second-order valence-corrected chi connectivity index (χ2v) is 3.92. The fourth-order valence-electron chi connectivity index (χ4n) is 1.66. The summed E-state index contributed by atoms with van der Waals surface area (Å²) in [7, 11) is 0. The van der Waals surface area contributed by atoms with Crippen molar-refractivity contribution in [2.75, 3.05) is 0 Å². The van der Waals surface area contributed by atoms with Crippen LogP contribution in [0.15, 0.2) is 72.8 Å². The fraction of sp³-hybridized carbons (Fsp3) is 0.0556. The molecule has 0 aromatic heterocycles. The first-order chi connectivity index (χ1) is 9.86. The molecule has 0 heterocycles. The summed E-state index contributed by atoms with van der Waals surface area (Å²) in [5.74, 6) is 0.307. The molecule has 3 rings (SSSR count). The Kier molecular flexibility index (Phi) is 15.6. The van der Waals surface area contributed by atoms with Crippen molar-refractivity contribution in [3.63, 3.8) is 0 Å². The Balaban J connectivity index is 0. The summed E-state index contributed by atoms with van der Waals surface area (Å²) in [5.41, 5.74) is 2.17. The SMILES string of the molecule is Oc1cccc(-c2ccccc2)c1.[C-]1=CC=CC1.[CH2]=[Ti+].[Cl-].[Cl-]. The molecule has 0 fully saturated rings. The van der Waals surface area contributed by atoms with Crippen molar-refractivity contribution in [2.24, 2.45) is 0 Å². The molecule has 0 aliphatic heterocycles. The summed E-state index contributed by atoms with van der Waals surface area (Å²) in [6, 6.07) is 17.3. The van der Waals surface area contributed by atoms with E-state index in [9.17, 15) is 5.11 Å². The van der Waals surface area contributed by atoms with Gasteiger partial charge >= 0.3 is 24.8 Å². The zero-order valence-corrected chi connectivity index (χ0v) is 15.1. The molecule has 115 valence electrons. The van der Waals surface area contributed by atoms with Crippen molar-refractivity contribution in [3.8, 4) is 16.9 Å². The molecule has 0 saturated heterocycles. The second kappa shape index (κ2) is 14.8. The van der Waals surface area contributed by atoms with E-state index in [0.717, 1.165) is 17.5 Å². The first-order valence-corrected chi connectivity index (χ1v) is 7.38. The van der Waals surface area contributed by atoms with Gasteiger partial charge in [0.15, 0.2) is 0 Å². The average molecular weight is 368 g/mol. The maximum absolute atomic E-state index is 9.27. The van der Waals surface area contributed by atoms with Crippen LogP contribution in [0.1, 0.15) is 6.42 Å². The van der Waals surface area contributed by atoms with E-state index in [-0.39, 0.29) is 24.8 Å². The average Bonchev–Trinajstić information content (AvgIpc) is 3.10. The van der Waals surface area contributed by atoms with E-state index in [1.54, 1.807) is 32.1 Å². The van der Waals surface area contributed by atoms with E-state index < -0.39 is 0 Å². The molecular formula is C18H17Cl2OTi-2. The largest absolute Gasteiger partial charge is 1.00 e. The zero-order chi connectivity index (χ0) is 14.6. The van der Waals surface area contributed by atoms with Crippen LogP contribution in [0.3, 0.4) is 0 Å². The first kappa shape index (κ1) is 23.2. The van der Waals surface area contributed by atoms with E-state index >= 15 is 0 Å². The normalized spacial score (nSPS) is 10.1. The summed E-state index contributed by atoms with van der Waals surface area (Å²) < 4.78 is 0. The quantitative estimate of drug-likeness (QED) is 0.472. The number of rotatable bonds is 1. The molecule has 0 unspecified atom stereocenters. The molecule has 1 nitrogen and oxygen atoms in total. The predicted molar refractivity (Wildman–Crippen MR) is 82.2 cm³/mol. The smallest absolute Gasteiger partial charge is 1.00 e. The monoisotopic (exact) mass is 367 g/mol. The van der Waals surface area contributed by atoms with Gasteiger partial charge in [-0.3, -0.25) is 6.08 Å². The molecular weight excluding hydrogens is 351 g/mol. The van der Waals surface area contributed by atoms with E-state index in [4.69, 9.17) is 0 Å². The molecule has 0 bridgehead atoms. The second-order valence-electron chi connectivity index (χ2n) is 3.92. The number of hydrogen-bond donors (Lipinski definition) is 1. The van der Waals surface area contributed by atoms with Gasteiger partial charge in [0.05, 0.1) is 0 Å². The molecule has 0 radical (unpaired) electrons. The summed E-state index contributed by atoms with van der Waals surface area (Å²) in [5, 5.41) is 9.27. The van der Waals surface area contributed by atoms with Gasteiger partial charge in [-0.15, -0.1) is 6.42 Å². The van der Waals surface area contributed by atoms with Gasteiger partial charge < -0.3 is 29.9 Å². The number of phenolic OH excluding ortho intramolecular Hbond substituents is 1. The van der Waals surface area contributed by atoms with Gasteiger partial charge in [0.1, 0.15) is 5.75 Å². The van der Waals surface area contributed by atoms with Gasteiger partial charge in [0.25, 0.3) is 0 Å². The minimum absolute atomic E-state index is 0. The molecule has 4 heteroatoms. The number of allylic oxidation sites excluding steroid dienone is 4. The summed E-state index contributed by atoms with van der Waals surface area (Å²) in [6.45, 7) is 0. The Labute approximate surface area is 156 Å². The van der Waals surface area contributed by atoms with Gasteiger partial charge in [0, 0.05) is 0 Å². The van der Waals surface area contributed by atoms with Gasteiger partial charge in [0.2, 0.25) is 0 Å². The number of hydrogen-bond acceptors (Lipinski definition) is 1. The number of benzene rings is 2. The van der Waals surface area contributed by atoms with Crippen LogP contribution in [0.2, 0.25) is 0 Å². The number of phenols is 1. The third-order valence-corrected chi connectivity index (χ3v) is 2.54. The molecule has 0 saturated carbocycles. The topological polar surface area (TPSA) is 20.2 Å². The van der Waals surface area contributed by atoms with E-state index in [1.807, 2.05) is 54.6 Å².